The topological polar surface area (TPSA) is 46.6 Å². The summed E-state index contributed by atoms with van der Waals surface area (Å²) in [7, 11) is -2.04. The van der Waals surface area contributed by atoms with Crippen molar-refractivity contribution in [2.45, 2.75) is 20.0 Å². The van der Waals surface area contributed by atoms with Crippen molar-refractivity contribution in [3.05, 3.63) is 34.3 Å². The van der Waals surface area contributed by atoms with Gasteiger partial charge in [0, 0.05) is 24.1 Å². The fourth-order valence-electron chi connectivity index (χ4n) is 1.69. The lowest BCUT2D eigenvalue weighted by molar-refractivity contribution is -0.189. The Labute approximate surface area is 128 Å². The molecule has 6 heteroatoms. The van der Waals surface area contributed by atoms with Gasteiger partial charge in [-0.25, -0.2) is 5.06 Å². The number of hydrogen-bond donors (Lipinski definition) is 0. The van der Waals surface area contributed by atoms with E-state index in [1.807, 2.05) is 24.3 Å². The largest absolute Gasteiger partial charge is 0.324 e. The van der Waals surface area contributed by atoms with E-state index in [2.05, 4.69) is 15.9 Å². The number of rotatable bonds is 7. The van der Waals surface area contributed by atoms with E-state index in [1.165, 1.54) is 12.0 Å². The number of halogens is 1. The Morgan fingerprint density at radius 3 is 2.65 bits per heavy atom. The van der Waals surface area contributed by atoms with Gasteiger partial charge in [0.05, 0.1) is 7.14 Å². The molecule has 0 bridgehead atoms. The van der Waals surface area contributed by atoms with Crippen molar-refractivity contribution in [2.75, 3.05) is 26.0 Å². The molecule has 0 heterocycles. The first-order valence-electron chi connectivity index (χ1n) is 6.47. The average molecular weight is 362 g/mol. The minimum absolute atomic E-state index is 0.137. The third-order valence-electron chi connectivity index (χ3n) is 2.69. The van der Waals surface area contributed by atoms with Crippen molar-refractivity contribution in [3.63, 3.8) is 0 Å². The quantitative estimate of drug-likeness (QED) is 0.548. The second kappa shape index (κ2) is 7.96. The zero-order chi connectivity index (χ0) is 15.2. The first kappa shape index (κ1) is 17.4. The summed E-state index contributed by atoms with van der Waals surface area (Å²) in [6.45, 7) is 5.79. The SMILES string of the molecule is CC(=O)N(CCCP(C)(C)=O)OCc1cccc(Br)c1. The van der Waals surface area contributed by atoms with Crippen molar-refractivity contribution in [1.29, 1.82) is 0 Å². The number of benzene rings is 1. The zero-order valence-corrected chi connectivity index (χ0v) is 14.6. The monoisotopic (exact) mass is 361 g/mol. The first-order valence-corrected chi connectivity index (χ1v) is 10.1. The molecular formula is C14H21BrNO3P. The van der Waals surface area contributed by atoms with Gasteiger partial charge in [-0.1, -0.05) is 28.1 Å². The van der Waals surface area contributed by atoms with Gasteiger partial charge in [0.1, 0.15) is 6.61 Å². The molecule has 112 valence electrons. The normalized spacial score (nSPS) is 11.4. The highest BCUT2D eigenvalue weighted by atomic mass is 79.9. The second-order valence-electron chi connectivity index (χ2n) is 5.18. The fraction of sp³-hybridized carbons (Fsp3) is 0.500. The van der Waals surface area contributed by atoms with Crippen LogP contribution in [0.4, 0.5) is 0 Å². The van der Waals surface area contributed by atoms with Crippen LogP contribution in [0, 0.1) is 0 Å². The van der Waals surface area contributed by atoms with Gasteiger partial charge in [-0.2, -0.15) is 0 Å². The summed E-state index contributed by atoms with van der Waals surface area (Å²) in [5.41, 5.74) is 0.988. The molecule has 0 atom stereocenters. The molecule has 0 aliphatic heterocycles. The summed E-state index contributed by atoms with van der Waals surface area (Å²) in [4.78, 5) is 17.0. The number of carbonyl (C=O) groups excluding carboxylic acids is 1. The van der Waals surface area contributed by atoms with Crippen molar-refractivity contribution in [1.82, 2.24) is 5.06 Å². The molecule has 0 aliphatic rings. The van der Waals surface area contributed by atoms with Gasteiger partial charge in [0.25, 0.3) is 0 Å². The molecular weight excluding hydrogens is 341 g/mol. The highest BCUT2D eigenvalue weighted by Gasteiger charge is 2.12. The lowest BCUT2D eigenvalue weighted by atomic mass is 10.2. The minimum atomic E-state index is -2.04. The second-order valence-corrected chi connectivity index (χ2v) is 9.69. The van der Waals surface area contributed by atoms with E-state index in [9.17, 15) is 9.36 Å². The molecule has 1 rings (SSSR count). The van der Waals surface area contributed by atoms with Gasteiger partial charge in [0.2, 0.25) is 5.91 Å². The van der Waals surface area contributed by atoms with Gasteiger partial charge in [-0.3, -0.25) is 9.63 Å². The molecule has 1 aromatic carbocycles. The summed E-state index contributed by atoms with van der Waals surface area (Å²) in [6.07, 6.45) is 1.30. The summed E-state index contributed by atoms with van der Waals surface area (Å²) in [6, 6.07) is 7.75. The molecule has 20 heavy (non-hydrogen) atoms. The molecule has 0 fully saturated rings. The van der Waals surface area contributed by atoms with Crippen LogP contribution in [-0.4, -0.2) is 37.0 Å². The van der Waals surface area contributed by atoms with E-state index in [0.29, 0.717) is 25.7 Å². The minimum Gasteiger partial charge on any atom is -0.324 e. The molecule has 0 saturated heterocycles. The molecule has 1 aromatic rings. The maximum Gasteiger partial charge on any atom is 0.243 e. The Kier molecular flexibility index (Phi) is 6.93. The zero-order valence-electron chi connectivity index (χ0n) is 12.1. The van der Waals surface area contributed by atoms with Gasteiger partial charge >= 0.3 is 0 Å². The molecule has 4 nitrogen and oxygen atoms in total. The standard InChI is InChI=1S/C14H21BrNO3P/c1-12(17)16(8-5-9-20(2,3)18)19-11-13-6-4-7-14(15)10-13/h4,6-7,10H,5,8-9,11H2,1-3H3. The molecule has 0 radical (unpaired) electrons. The van der Waals surface area contributed by atoms with Gasteiger partial charge in [-0.05, 0) is 37.4 Å². The van der Waals surface area contributed by atoms with E-state index in [1.54, 1.807) is 13.3 Å². The van der Waals surface area contributed by atoms with Crippen molar-refractivity contribution < 1.29 is 14.2 Å². The van der Waals surface area contributed by atoms with Crippen LogP contribution in [0.3, 0.4) is 0 Å². The number of amides is 1. The van der Waals surface area contributed by atoms with E-state index in [0.717, 1.165) is 10.0 Å². The predicted molar refractivity (Wildman–Crippen MR) is 85.3 cm³/mol. The molecule has 0 aromatic heterocycles. The Bertz CT molecular complexity index is 501. The molecule has 0 spiro atoms. The smallest absolute Gasteiger partial charge is 0.243 e. The van der Waals surface area contributed by atoms with Gasteiger partial charge in [0.15, 0.2) is 0 Å². The third kappa shape index (κ3) is 7.22. The van der Waals surface area contributed by atoms with Crippen molar-refractivity contribution in [3.8, 4) is 0 Å². The predicted octanol–water partition coefficient (Wildman–Crippen LogP) is 3.74. The summed E-state index contributed by atoms with van der Waals surface area (Å²) < 4.78 is 12.6. The highest BCUT2D eigenvalue weighted by molar-refractivity contribution is 9.10. The Morgan fingerprint density at radius 1 is 1.40 bits per heavy atom. The maximum atomic E-state index is 11.6. The fourth-order valence-corrected chi connectivity index (χ4v) is 3.04. The van der Waals surface area contributed by atoms with Crippen LogP contribution in [-0.2, 0) is 20.8 Å². The lowest BCUT2D eigenvalue weighted by Gasteiger charge is -2.21. The van der Waals surface area contributed by atoms with Crippen LogP contribution < -0.4 is 0 Å². The molecule has 0 saturated carbocycles. The molecule has 0 unspecified atom stereocenters. The van der Waals surface area contributed by atoms with Crippen molar-refractivity contribution in [2.24, 2.45) is 0 Å². The number of nitrogens with zero attached hydrogens (tertiary/aromatic N) is 1. The van der Waals surface area contributed by atoms with Crippen LogP contribution in [0.2, 0.25) is 0 Å². The highest BCUT2D eigenvalue weighted by Crippen LogP contribution is 2.36. The van der Waals surface area contributed by atoms with E-state index >= 15 is 0 Å². The number of carbonyl (C=O) groups is 1. The van der Waals surface area contributed by atoms with E-state index in [-0.39, 0.29) is 5.91 Å². The van der Waals surface area contributed by atoms with E-state index < -0.39 is 7.14 Å². The van der Waals surface area contributed by atoms with Crippen LogP contribution in [0.5, 0.6) is 0 Å². The van der Waals surface area contributed by atoms with E-state index in [4.69, 9.17) is 4.84 Å². The van der Waals surface area contributed by atoms with Crippen molar-refractivity contribution >= 4 is 29.0 Å². The number of hydrogen-bond acceptors (Lipinski definition) is 3. The van der Waals surface area contributed by atoms with Crippen LogP contribution >= 0.6 is 23.1 Å². The Balaban J connectivity index is 2.47. The third-order valence-corrected chi connectivity index (χ3v) is 4.57. The van der Waals surface area contributed by atoms with Gasteiger partial charge in [-0.15, -0.1) is 0 Å². The lowest BCUT2D eigenvalue weighted by Crippen LogP contribution is -2.30. The van der Waals surface area contributed by atoms with Crippen LogP contribution in [0.25, 0.3) is 0 Å². The van der Waals surface area contributed by atoms with Gasteiger partial charge < -0.3 is 4.57 Å². The maximum absolute atomic E-state index is 11.6. The first-order chi connectivity index (χ1) is 9.28. The summed E-state index contributed by atoms with van der Waals surface area (Å²) in [5, 5.41) is 1.34. The molecule has 1 amide bonds. The Hall–Kier alpha value is -0.640. The molecule has 0 N–H and O–H groups in total. The summed E-state index contributed by atoms with van der Waals surface area (Å²) in [5.74, 6) is -0.137. The molecule has 0 aliphatic carbocycles. The average Bonchev–Trinajstić information content (AvgIpc) is 2.31. The Morgan fingerprint density at radius 2 is 2.10 bits per heavy atom. The van der Waals surface area contributed by atoms with Crippen LogP contribution in [0.15, 0.2) is 28.7 Å². The van der Waals surface area contributed by atoms with Crippen LogP contribution in [0.1, 0.15) is 18.9 Å². The summed E-state index contributed by atoms with van der Waals surface area (Å²) >= 11 is 3.39. The number of hydroxylamine groups is 2.